The average Bonchev–Trinajstić information content (AvgIpc) is 1.87. The summed E-state index contributed by atoms with van der Waals surface area (Å²) in [5, 5.41) is 0. The first-order chi connectivity index (χ1) is 3.29. The fraction of sp³-hybridized carbons (Fsp3) is 0. The van der Waals surface area contributed by atoms with Gasteiger partial charge < -0.3 is 0 Å². The van der Waals surface area contributed by atoms with Gasteiger partial charge in [-0.3, -0.25) is 3.59 Å². The van der Waals surface area contributed by atoms with Crippen LogP contribution in [0.4, 0.5) is 4.39 Å². The largest absolute Gasteiger partial charge is 0.289 e. The highest BCUT2D eigenvalue weighted by Gasteiger charge is 1.86. The second kappa shape index (κ2) is 1.66. The Morgan fingerprint density at radius 2 is 2.43 bits per heavy atom. The summed E-state index contributed by atoms with van der Waals surface area (Å²) in [6, 6.07) is 1.37. The summed E-state index contributed by atoms with van der Waals surface area (Å²) in [6.45, 7) is 0. The second-order valence-corrected chi connectivity index (χ2v) is 1.99. The lowest BCUT2D eigenvalue weighted by Crippen LogP contribution is -1.64. The number of aromatic nitrogens is 1. The maximum absolute atomic E-state index is 11.9. The third kappa shape index (κ3) is 1.03. The quantitative estimate of drug-likeness (QED) is 0.550. The van der Waals surface area contributed by atoms with Gasteiger partial charge in [0, 0.05) is 6.20 Å². The minimum absolute atomic E-state index is 0.225. The van der Waals surface area contributed by atoms with Crippen molar-refractivity contribution in [2.45, 2.75) is 0 Å². The lowest BCUT2D eigenvalue weighted by molar-refractivity contribution is 0.629. The van der Waals surface area contributed by atoms with E-state index in [0.29, 0.717) is 0 Å². The molecule has 0 fully saturated rings. The zero-order chi connectivity index (χ0) is 5.28. The average molecular weight is 164 g/mol. The van der Waals surface area contributed by atoms with Gasteiger partial charge in [-0.15, -0.1) is 0 Å². The molecule has 0 saturated carbocycles. The summed E-state index contributed by atoms with van der Waals surface area (Å²) in [6.07, 6.45) is 2.91. The molecule has 1 aromatic heterocycles. The topological polar surface area (TPSA) is 4.93 Å². The first kappa shape index (κ1) is 4.84. The maximum atomic E-state index is 11.9. The molecule has 0 aliphatic heterocycles. The van der Waals surface area contributed by atoms with E-state index in [2.05, 4.69) is 16.1 Å². The fourth-order valence-electron chi connectivity index (χ4n) is 0.346. The van der Waals surface area contributed by atoms with E-state index in [4.69, 9.17) is 0 Å². The van der Waals surface area contributed by atoms with Crippen LogP contribution in [0, 0.1) is 5.82 Å². The van der Waals surface area contributed by atoms with Gasteiger partial charge in [0.1, 0.15) is 5.82 Å². The van der Waals surface area contributed by atoms with Crippen LogP contribution in [0.3, 0.4) is 0 Å². The molecule has 0 N–H and O–H groups in total. The molecule has 0 spiro atoms. The standard InChI is InChI=1S/C4H3BrFN/c5-7-2-1-4(6)3-7/h1-3H. The Labute approximate surface area is 49.1 Å². The molecule has 0 bridgehead atoms. The third-order valence-corrected chi connectivity index (χ3v) is 1.06. The molecule has 7 heavy (non-hydrogen) atoms. The smallest absolute Gasteiger partial charge is 0.141 e. The molecule has 1 nitrogen and oxygen atoms in total. The van der Waals surface area contributed by atoms with Crippen LogP contribution in [-0.2, 0) is 0 Å². The molecule has 0 amide bonds. The molecule has 0 unspecified atom stereocenters. The molecule has 3 heteroatoms. The van der Waals surface area contributed by atoms with E-state index in [0.717, 1.165) is 0 Å². The predicted molar refractivity (Wildman–Crippen MR) is 28.7 cm³/mol. The van der Waals surface area contributed by atoms with Gasteiger partial charge in [0.2, 0.25) is 0 Å². The Balaban J connectivity index is 3.04. The van der Waals surface area contributed by atoms with Crippen molar-refractivity contribution in [1.29, 1.82) is 0 Å². The normalized spacial score (nSPS) is 9.43. The van der Waals surface area contributed by atoms with Crippen LogP contribution in [0.15, 0.2) is 18.5 Å². The van der Waals surface area contributed by atoms with E-state index < -0.39 is 0 Å². The number of nitrogens with zero attached hydrogens (tertiary/aromatic N) is 1. The Morgan fingerprint density at radius 3 is 2.57 bits per heavy atom. The van der Waals surface area contributed by atoms with Crippen molar-refractivity contribution >= 4 is 16.1 Å². The van der Waals surface area contributed by atoms with Crippen LogP contribution < -0.4 is 0 Å². The summed E-state index contributed by atoms with van der Waals surface area (Å²) in [4.78, 5) is 0. The van der Waals surface area contributed by atoms with Gasteiger partial charge in [-0.05, 0) is 6.07 Å². The fourth-order valence-corrected chi connectivity index (χ4v) is 0.660. The lowest BCUT2D eigenvalue weighted by Gasteiger charge is -1.75. The van der Waals surface area contributed by atoms with E-state index in [1.807, 2.05) is 0 Å². The minimum atomic E-state index is -0.225. The highest BCUT2D eigenvalue weighted by Crippen LogP contribution is 1.99. The van der Waals surface area contributed by atoms with Gasteiger partial charge in [0.15, 0.2) is 0 Å². The van der Waals surface area contributed by atoms with Crippen LogP contribution >= 0.6 is 16.1 Å². The Morgan fingerprint density at radius 1 is 1.71 bits per heavy atom. The molecule has 0 saturated heterocycles. The first-order valence-electron chi connectivity index (χ1n) is 1.79. The second-order valence-electron chi connectivity index (χ2n) is 1.17. The summed E-state index contributed by atoms with van der Waals surface area (Å²) < 4.78 is 13.4. The van der Waals surface area contributed by atoms with E-state index >= 15 is 0 Å². The molecule has 0 atom stereocenters. The molecular weight excluding hydrogens is 161 g/mol. The summed E-state index contributed by atoms with van der Waals surface area (Å²) in [5.41, 5.74) is 0. The van der Waals surface area contributed by atoms with Crippen LogP contribution in [0.5, 0.6) is 0 Å². The Bertz CT molecular complexity index is 144. The highest BCUT2D eigenvalue weighted by molar-refractivity contribution is 9.08. The van der Waals surface area contributed by atoms with Gasteiger partial charge in [0.25, 0.3) is 0 Å². The molecule has 0 aliphatic rings. The zero-order valence-electron chi connectivity index (χ0n) is 3.44. The van der Waals surface area contributed by atoms with Gasteiger partial charge in [0.05, 0.1) is 22.3 Å². The maximum Gasteiger partial charge on any atom is 0.141 e. The van der Waals surface area contributed by atoms with E-state index in [1.165, 1.54) is 15.9 Å². The molecule has 38 valence electrons. The molecule has 1 aromatic rings. The van der Waals surface area contributed by atoms with Crippen molar-refractivity contribution in [3.05, 3.63) is 24.3 Å². The van der Waals surface area contributed by atoms with E-state index in [1.54, 1.807) is 6.20 Å². The highest BCUT2D eigenvalue weighted by atomic mass is 79.9. The van der Waals surface area contributed by atoms with Crippen LogP contribution in [0.25, 0.3) is 0 Å². The number of halogens is 2. The van der Waals surface area contributed by atoms with Crippen molar-refractivity contribution in [3.63, 3.8) is 0 Å². The Kier molecular flexibility index (Phi) is 1.15. The molecule has 1 heterocycles. The number of rotatable bonds is 0. The van der Waals surface area contributed by atoms with Crippen molar-refractivity contribution in [2.75, 3.05) is 0 Å². The van der Waals surface area contributed by atoms with Crippen molar-refractivity contribution in [1.82, 2.24) is 3.59 Å². The van der Waals surface area contributed by atoms with Crippen molar-refractivity contribution < 1.29 is 4.39 Å². The van der Waals surface area contributed by atoms with Crippen LogP contribution in [-0.4, -0.2) is 3.59 Å². The van der Waals surface area contributed by atoms with E-state index in [9.17, 15) is 4.39 Å². The van der Waals surface area contributed by atoms with Crippen LogP contribution in [0.2, 0.25) is 0 Å². The Hall–Kier alpha value is -0.310. The van der Waals surface area contributed by atoms with Gasteiger partial charge in [-0.2, -0.15) is 0 Å². The molecule has 0 aliphatic carbocycles. The van der Waals surface area contributed by atoms with E-state index in [-0.39, 0.29) is 5.82 Å². The SMILES string of the molecule is Fc1ccn(Br)c1. The van der Waals surface area contributed by atoms with Gasteiger partial charge >= 0.3 is 0 Å². The summed E-state index contributed by atoms with van der Waals surface area (Å²) in [5.74, 6) is -0.225. The molecule has 1 rings (SSSR count). The molecule has 0 aromatic carbocycles. The van der Waals surface area contributed by atoms with Crippen molar-refractivity contribution in [3.8, 4) is 0 Å². The molecular formula is C4H3BrFN. The zero-order valence-corrected chi connectivity index (χ0v) is 5.02. The van der Waals surface area contributed by atoms with Crippen molar-refractivity contribution in [2.24, 2.45) is 0 Å². The monoisotopic (exact) mass is 163 g/mol. The predicted octanol–water partition coefficient (Wildman–Crippen LogP) is 1.79. The number of hydrogen-bond donors (Lipinski definition) is 0. The summed E-state index contributed by atoms with van der Waals surface area (Å²) >= 11 is 3.01. The summed E-state index contributed by atoms with van der Waals surface area (Å²) in [7, 11) is 0. The van der Waals surface area contributed by atoms with Gasteiger partial charge in [-0.1, -0.05) is 0 Å². The number of hydrogen-bond acceptors (Lipinski definition) is 0. The van der Waals surface area contributed by atoms with Gasteiger partial charge in [-0.25, -0.2) is 4.39 Å². The molecule has 0 radical (unpaired) electrons. The first-order valence-corrected chi connectivity index (χ1v) is 2.49. The van der Waals surface area contributed by atoms with Crippen LogP contribution in [0.1, 0.15) is 0 Å². The lowest BCUT2D eigenvalue weighted by atomic mass is 10.6. The third-order valence-electron chi connectivity index (χ3n) is 0.623. The minimum Gasteiger partial charge on any atom is -0.289 e.